The number of benzene rings is 2. The van der Waals surface area contributed by atoms with Gasteiger partial charge in [-0.2, -0.15) is 5.26 Å². The number of nitrogens with zero attached hydrogens (tertiary/aromatic N) is 1. The highest BCUT2D eigenvalue weighted by molar-refractivity contribution is 5.38. The van der Waals surface area contributed by atoms with Gasteiger partial charge in [-0.1, -0.05) is 18.2 Å². The van der Waals surface area contributed by atoms with Gasteiger partial charge in [0, 0.05) is 12.1 Å². The summed E-state index contributed by atoms with van der Waals surface area (Å²) in [6, 6.07) is 13.4. The third-order valence-corrected chi connectivity index (χ3v) is 2.72. The molecule has 0 heterocycles. The molecule has 0 aromatic heterocycles. The predicted octanol–water partition coefficient (Wildman–Crippen LogP) is 2.74. The number of nitrogens with two attached hydrogens (primary N) is 1. The fraction of sp³-hybridized carbons (Fsp3) is 0.133. The lowest BCUT2D eigenvalue weighted by Gasteiger charge is -2.08. The molecule has 0 spiro atoms. The molecule has 0 bridgehead atoms. The number of hydrogen-bond acceptors (Lipinski definition) is 3. The molecule has 19 heavy (non-hydrogen) atoms. The van der Waals surface area contributed by atoms with Crippen molar-refractivity contribution in [3.63, 3.8) is 0 Å². The summed E-state index contributed by atoms with van der Waals surface area (Å²) in [7, 11) is 0. The van der Waals surface area contributed by atoms with E-state index in [1.165, 1.54) is 12.1 Å². The summed E-state index contributed by atoms with van der Waals surface area (Å²) in [5.41, 5.74) is 7.46. The molecule has 2 rings (SSSR count). The van der Waals surface area contributed by atoms with Crippen LogP contribution in [0, 0.1) is 17.1 Å². The van der Waals surface area contributed by atoms with E-state index in [-0.39, 0.29) is 12.2 Å². The van der Waals surface area contributed by atoms with Crippen LogP contribution in [-0.4, -0.2) is 0 Å². The molecule has 0 atom stereocenters. The molecular weight excluding hydrogens is 243 g/mol. The second-order valence-electron chi connectivity index (χ2n) is 4.05. The van der Waals surface area contributed by atoms with Crippen LogP contribution in [0.4, 0.5) is 4.39 Å². The number of ether oxygens (including phenoxy) is 1. The summed E-state index contributed by atoms with van der Waals surface area (Å²) in [6.07, 6.45) is 0. The molecule has 0 radical (unpaired) electrons. The van der Waals surface area contributed by atoms with Crippen LogP contribution < -0.4 is 10.5 Å². The van der Waals surface area contributed by atoms with E-state index in [0.29, 0.717) is 17.9 Å². The average molecular weight is 256 g/mol. The van der Waals surface area contributed by atoms with Gasteiger partial charge in [-0.3, -0.25) is 0 Å². The van der Waals surface area contributed by atoms with Crippen molar-refractivity contribution in [3.05, 3.63) is 65.0 Å². The van der Waals surface area contributed by atoms with E-state index >= 15 is 0 Å². The normalized spacial score (nSPS) is 9.95. The Morgan fingerprint density at radius 1 is 1.21 bits per heavy atom. The Morgan fingerprint density at radius 2 is 2.05 bits per heavy atom. The Hall–Kier alpha value is -2.38. The first-order chi connectivity index (χ1) is 9.22. The lowest BCUT2D eigenvalue weighted by atomic mass is 10.1. The van der Waals surface area contributed by atoms with Crippen LogP contribution >= 0.6 is 0 Å². The van der Waals surface area contributed by atoms with Gasteiger partial charge in [-0.15, -0.1) is 0 Å². The minimum atomic E-state index is -0.426. The number of nitriles is 1. The van der Waals surface area contributed by atoms with Crippen LogP contribution in [0.1, 0.15) is 16.7 Å². The van der Waals surface area contributed by atoms with Crippen molar-refractivity contribution in [1.29, 1.82) is 5.26 Å². The Kier molecular flexibility index (Phi) is 4.11. The first-order valence-electron chi connectivity index (χ1n) is 5.83. The average Bonchev–Trinajstić information content (AvgIpc) is 2.46. The lowest BCUT2D eigenvalue weighted by Crippen LogP contribution is -2.00. The zero-order valence-corrected chi connectivity index (χ0v) is 10.3. The van der Waals surface area contributed by atoms with Gasteiger partial charge < -0.3 is 10.5 Å². The summed E-state index contributed by atoms with van der Waals surface area (Å²) in [4.78, 5) is 0. The van der Waals surface area contributed by atoms with Crippen molar-refractivity contribution in [1.82, 2.24) is 0 Å². The van der Waals surface area contributed by atoms with Gasteiger partial charge in [-0.05, 0) is 29.8 Å². The topological polar surface area (TPSA) is 59.0 Å². The quantitative estimate of drug-likeness (QED) is 0.915. The highest BCUT2D eigenvalue weighted by Crippen LogP contribution is 2.17. The smallest absolute Gasteiger partial charge is 0.124 e. The van der Waals surface area contributed by atoms with E-state index in [9.17, 15) is 4.39 Å². The summed E-state index contributed by atoms with van der Waals surface area (Å²) in [5.74, 6) is 0.251. The van der Waals surface area contributed by atoms with Crippen LogP contribution in [0.3, 0.4) is 0 Å². The Bertz CT molecular complexity index is 620. The van der Waals surface area contributed by atoms with Gasteiger partial charge in [0.05, 0.1) is 11.6 Å². The van der Waals surface area contributed by atoms with E-state index in [2.05, 4.69) is 0 Å². The van der Waals surface area contributed by atoms with E-state index in [4.69, 9.17) is 15.7 Å². The van der Waals surface area contributed by atoms with Crippen molar-refractivity contribution in [2.24, 2.45) is 5.73 Å². The van der Waals surface area contributed by atoms with Crippen LogP contribution in [0.2, 0.25) is 0 Å². The molecule has 0 aliphatic rings. The summed E-state index contributed by atoms with van der Waals surface area (Å²) in [6.45, 7) is 0.661. The van der Waals surface area contributed by atoms with E-state index in [1.54, 1.807) is 6.07 Å². The highest BCUT2D eigenvalue weighted by atomic mass is 19.1. The molecule has 0 amide bonds. The molecule has 2 aromatic carbocycles. The van der Waals surface area contributed by atoms with Gasteiger partial charge in [0.15, 0.2) is 0 Å². The SMILES string of the molecule is N#Cc1cc(F)ccc1COc1cccc(CN)c1. The standard InChI is InChI=1S/C15H13FN2O/c16-14-5-4-12(13(7-14)9-18)10-19-15-3-1-2-11(6-15)8-17/h1-7H,8,10,17H2. The molecule has 0 fully saturated rings. The van der Waals surface area contributed by atoms with Gasteiger partial charge in [-0.25, -0.2) is 4.39 Å². The highest BCUT2D eigenvalue weighted by Gasteiger charge is 2.05. The maximum Gasteiger partial charge on any atom is 0.124 e. The molecule has 96 valence electrons. The van der Waals surface area contributed by atoms with Crippen molar-refractivity contribution in [2.75, 3.05) is 0 Å². The summed E-state index contributed by atoms with van der Waals surface area (Å²) in [5, 5.41) is 8.93. The summed E-state index contributed by atoms with van der Waals surface area (Å²) < 4.78 is 18.6. The maximum absolute atomic E-state index is 13.0. The zero-order valence-electron chi connectivity index (χ0n) is 10.3. The van der Waals surface area contributed by atoms with Gasteiger partial charge in [0.1, 0.15) is 18.2 Å². The van der Waals surface area contributed by atoms with Crippen LogP contribution in [0.25, 0.3) is 0 Å². The fourth-order valence-electron chi connectivity index (χ4n) is 1.70. The molecule has 0 saturated carbocycles. The van der Waals surface area contributed by atoms with Gasteiger partial charge >= 0.3 is 0 Å². The molecule has 2 aromatic rings. The van der Waals surface area contributed by atoms with Crippen molar-refractivity contribution in [2.45, 2.75) is 13.2 Å². The number of hydrogen-bond donors (Lipinski definition) is 1. The van der Waals surface area contributed by atoms with E-state index < -0.39 is 5.82 Å². The van der Waals surface area contributed by atoms with Gasteiger partial charge in [0.2, 0.25) is 0 Å². The first-order valence-corrected chi connectivity index (χ1v) is 5.83. The van der Waals surface area contributed by atoms with Crippen molar-refractivity contribution < 1.29 is 9.13 Å². The Balaban J connectivity index is 2.12. The van der Waals surface area contributed by atoms with Crippen LogP contribution in [0.5, 0.6) is 5.75 Å². The summed E-state index contributed by atoms with van der Waals surface area (Å²) >= 11 is 0. The minimum absolute atomic E-state index is 0.219. The first kappa shape index (κ1) is 13.1. The van der Waals surface area contributed by atoms with Crippen LogP contribution in [-0.2, 0) is 13.2 Å². The van der Waals surface area contributed by atoms with Gasteiger partial charge in [0.25, 0.3) is 0 Å². The molecular formula is C15H13FN2O. The molecule has 2 N–H and O–H groups in total. The third-order valence-electron chi connectivity index (χ3n) is 2.72. The molecule has 0 unspecified atom stereocenters. The Morgan fingerprint density at radius 3 is 2.79 bits per heavy atom. The monoisotopic (exact) mass is 256 g/mol. The largest absolute Gasteiger partial charge is 0.489 e. The molecule has 0 aliphatic carbocycles. The van der Waals surface area contributed by atoms with Crippen LogP contribution in [0.15, 0.2) is 42.5 Å². The number of rotatable bonds is 4. The Labute approximate surface area is 111 Å². The second-order valence-corrected chi connectivity index (χ2v) is 4.05. The molecule has 4 heteroatoms. The molecule has 0 saturated heterocycles. The fourth-order valence-corrected chi connectivity index (χ4v) is 1.70. The number of halogens is 1. The predicted molar refractivity (Wildman–Crippen MR) is 69.8 cm³/mol. The van der Waals surface area contributed by atoms with Crippen molar-refractivity contribution in [3.8, 4) is 11.8 Å². The second kappa shape index (κ2) is 5.98. The molecule has 3 nitrogen and oxygen atoms in total. The third kappa shape index (κ3) is 3.30. The lowest BCUT2D eigenvalue weighted by molar-refractivity contribution is 0.305. The van der Waals surface area contributed by atoms with E-state index in [0.717, 1.165) is 5.56 Å². The maximum atomic E-state index is 13.0. The van der Waals surface area contributed by atoms with Crippen molar-refractivity contribution >= 4 is 0 Å². The zero-order chi connectivity index (χ0) is 13.7. The van der Waals surface area contributed by atoms with E-state index in [1.807, 2.05) is 30.3 Å². The minimum Gasteiger partial charge on any atom is -0.489 e. The molecule has 0 aliphatic heterocycles.